The summed E-state index contributed by atoms with van der Waals surface area (Å²) in [6.07, 6.45) is 0. The molecule has 1 aliphatic heterocycles. The maximum absolute atomic E-state index is 12.1. The normalized spacial score (nSPS) is 15.9. The van der Waals surface area contributed by atoms with Crippen LogP contribution in [0.2, 0.25) is 0 Å². The van der Waals surface area contributed by atoms with Gasteiger partial charge in [-0.3, -0.25) is 4.79 Å². The number of hydrogen-bond donors (Lipinski definition) is 0. The van der Waals surface area contributed by atoms with Crippen LogP contribution in [-0.2, 0) is 9.53 Å². The molecule has 0 N–H and O–H groups in total. The summed E-state index contributed by atoms with van der Waals surface area (Å²) in [5.41, 5.74) is 0.303. The lowest BCUT2D eigenvalue weighted by Gasteiger charge is -2.01. The molecule has 0 aromatic heterocycles. The highest BCUT2D eigenvalue weighted by atomic mass is 32.2. The van der Waals surface area contributed by atoms with Crippen LogP contribution in [0, 0.1) is 11.3 Å². The molecule has 1 aliphatic rings. The second-order valence-electron chi connectivity index (χ2n) is 3.46. The number of hydrogen-bond acceptors (Lipinski definition) is 5. The number of rotatable bonds is 2. The van der Waals surface area contributed by atoms with E-state index in [2.05, 4.69) is 0 Å². The van der Waals surface area contributed by atoms with Crippen molar-refractivity contribution in [1.82, 2.24) is 0 Å². The van der Waals surface area contributed by atoms with E-state index in [-0.39, 0.29) is 22.9 Å². The standard InChI is InChI=1S/C13H9NO3S/c1-2-17-13(16)9(7-14)12-11(15)8-5-3-4-6-10(8)18-12/h3-6H,2H2,1H3/b12-9-. The van der Waals surface area contributed by atoms with Gasteiger partial charge in [0.1, 0.15) is 6.07 Å². The van der Waals surface area contributed by atoms with E-state index in [1.54, 1.807) is 37.3 Å². The minimum absolute atomic E-state index is 0.150. The Hall–Kier alpha value is -2.06. The molecule has 90 valence electrons. The summed E-state index contributed by atoms with van der Waals surface area (Å²) >= 11 is 1.14. The largest absolute Gasteiger partial charge is 0.462 e. The van der Waals surface area contributed by atoms with Crippen LogP contribution >= 0.6 is 11.8 Å². The highest BCUT2D eigenvalue weighted by Crippen LogP contribution is 2.41. The van der Waals surface area contributed by atoms with Gasteiger partial charge >= 0.3 is 5.97 Å². The zero-order valence-electron chi connectivity index (χ0n) is 9.60. The third kappa shape index (κ3) is 2.03. The predicted octanol–water partition coefficient (Wildman–Crippen LogP) is 2.32. The van der Waals surface area contributed by atoms with Crippen molar-refractivity contribution in [1.29, 1.82) is 5.26 Å². The average molecular weight is 259 g/mol. The summed E-state index contributed by atoms with van der Waals surface area (Å²) in [7, 11) is 0. The van der Waals surface area contributed by atoms with E-state index in [9.17, 15) is 9.59 Å². The molecule has 0 unspecified atom stereocenters. The molecule has 0 atom stereocenters. The van der Waals surface area contributed by atoms with Gasteiger partial charge in [-0.05, 0) is 19.1 Å². The topological polar surface area (TPSA) is 67.2 Å². The molecule has 18 heavy (non-hydrogen) atoms. The van der Waals surface area contributed by atoms with E-state index in [1.807, 2.05) is 0 Å². The van der Waals surface area contributed by atoms with E-state index in [4.69, 9.17) is 10.00 Å². The number of ketones is 1. The molecule has 0 radical (unpaired) electrons. The van der Waals surface area contributed by atoms with Crippen LogP contribution in [0.25, 0.3) is 0 Å². The molecule has 1 heterocycles. The minimum atomic E-state index is -0.747. The number of carbonyl (C=O) groups is 2. The number of fused-ring (bicyclic) bond motifs is 1. The van der Waals surface area contributed by atoms with Crippen molar-refractivity contribution in [2.45, 2.75) is 11.8 Å². The molecule has 0 bridgehead atoms. The maximum atomic E-state index is 12.1. The number of carbonyl (C=O) groups excluding carboxylic acids is 2. The number of allylic oxidation sites excluding steroid dienone is 1. The zero-order chi connectivity index (χ0) is 13.1. The molecular formula is C13H9NO3S. The summed E-state index contributed by atoms with van der Waals surface area (Å²) in [4.78, 5) is 24.6. The molecule has 1 aromatic carbocycles. The number of Topliss-reactive ketones (excluding diaryl/α,β-unsaturated/α-hetero) is 1. The van der Waals surface area contributed by atoms with Gasteiger partial charge in [0, 0.05) is 10.5 Å². The Morgan fingerprint density at radius 1 is 1.44 bits per heavy atom. The monoisotopic (exact) mass is 259 g/mol. The highest BCUT2D eigenvalue weighted by molar-refractivity contribution is 8.04. The zero-order valence-corrected chi connectivity index (χ0v) is 10.4. The first-order valence-corrected chi connectivity index (χ1v) is 6.13. The van der Waals surface area contributed by atoms with Gasteiger partial charge in [-0.15, -0.1) is 0 Å². The Labute approximate surface area is 108 Å². The van der Waals surface area contributed by atoms with Crippen LogP contribution < -0.4 is 0 Å². The molecule has 0 spiro atoms. The van der Waals surface area contributed by atoms with Gasteiger partial charge in [-0.2, -0.15) is 5.26 Å². The SMILES string of the molecule is CCOC(=O)/C(C#N)=C1\Sc2ccccc2C1=O. The van der Waals surface area contributed by atoms with E-state index in [0.717, 1.165) is 16.7 Å². The third-order valence-corrected chi connectivity index (χ3v) is 3.54. The van der Waals surface area contributed by atoms with Gasteiger partial charge in [-0.1, -0.05) is 23.9 Å². The van der Waals surface area contributed by atoms with Crippen molar-refractivity contribution in [3.63, 3.8) is 0 Å². The van der Waals surface area contributed by atoms with E-state index >= 15 is 0 Å². The fourth-order valence-electron chi connectivity index (χ4n) is 1.58. The maximum Gasteiger partial charge on any atom is 0.350 e. The first-order valence-electron chi connectivity index (χ1n) is 5.32. The van der Waals surface area contributed by atoms with Gasteiger partial charge < -0.3 is 4.74 Å². The number of nitriles is 1. The predicted molar refractivity (Wildman–Crippen MR) is 65.9 cm³/mol. The Bertz CT molecular complexity index is 598. The summed E-state index contributed by atoms with van der Waals surface area (Å²) in [6.45, 7) is 1.82. The van der Waals surface area contributed by atoms with Crippen LogP contribution in [-0.4, -0.2) is 18.4 Å². The van der Waals surface area contributed by atoms with Crippen molar-refractivity contribution in [2.24, 2.45) is 0 Å². The first-order chi connectivity index (χ1) is 8.69. The second-order valence-corrected chi connectivity index (χ2v) is 4.52. The number of ether oxygens (including phenoxy) is 1. The van der Waals surface area contributed by atoms with Crippen molar-refractivity contribution >= 4 is 23.5 Å². The van der Waals surface area contributed by atoms with Crippen LogP contribution in [0.1, 0.15) is 17.3 Å². The first kappa shape index (κ1) is 12.4. The quantitative estimate of drug-likeness (QED) is 0.463. The third-order valence-electron chi connectivity index (χ3n) is 2.37. The molecule has 4 nitrogen and oxygen atoms in total. The Kier molecular flexibility index (Phi) is 3.49. The van der Waals surface area contributed by atoms with Gasteiger partial charge in [0.15, 0.2) is 5.57 Å². The lowest BCUT2D eigenvalue weighted by Crippen LogP contribution is -2.10. The van der Waals surface area contributed by atoms with Crippen LogP contribution in [0.4, 0.5) is 0 Å². The van der Waals surface area contributed by atoms with Gasteiger partial charge in [0.2, 0.25) is 5.78 Å². The molecule has 5 heteroatoms. The number of nitrogens with zero attached hydrogens (tertiary/aromatic N) is 1. The Balaban J connectivity index is 2.45. The van der Waals surface area contributed by atoms with Crippen LogP contribution in [0.5, 0.6) is 0 Å². The number of thioether (sulfide) groups is 1. The van der Waals surface area contributed by atoms with Crippen LogP contribution in [0.3, 0.4) is 0 Å². The minimum Gasteiger partial charge on any atom is -0.462 e. The van der Waals surface area contributed by atoms with E-state index in [0.29, 0.717) is 5.56 Å². The molecular weight excluding hydrogens is 250 g/mol. The molecule has 2 rings (SSSR count). The number of esters is 1. The molecule has 0 aliphatic carbocycles. The highest BCUT2D eigenvalue weighted by Gasteiger charge is 2.31. The fraction of sp³-hybridized carbons (Fsp3) is 0.154. The van der Waals surface area contributed by atoms with Crippen LogP contribution in [0.15, 0.2) is 39.6 Å². The molecule has 0 amide bonds. The molecule has 0 saturated carbocycles. The summed E-state index contributed by atoms with van der Waals surface area (Å²) < 4.78 is 4.77. The average Bonchev–Trinajstić information content (AvgIpc) is 2.69. The second kappa shape index (κ2) is 5.07. The van der Waals surface area contributed by atoms with Crippen molar-refractivity contribution in [3.05, 3.63) is 40.3 Å². The Morgan fingerprint density at radius 3 is 2.78 bits per heavy atom. The fourth-order valence-corrected chi connectivity index (χ4v) is 2.65. The lowest BCUT2D eigenvalue weighted by molar-refractivity contribution is -0.138. The summed E-state index contributed by atoms with van der Waals surface area (Å²) in [5, 5.41) is 9.01. The summed E-state index contributed by atoms with van der Waals surface area (Å²) in [5.74, 6) is -1.04. The van der Waals surface area contributed by atoms with E-state index in [1.165, 1.54) is 0 Å². The van der Waals surface area contributed by atoms with Crippen molar-refractivity contribution in [2.75, 3.05) is 6.61 Å². The summed E-state index contributed by atoms with van der Waals surface area (Å²) in [6, 6.07) is 8.77. The van der Waals surface area contributed by atoms with Gasteiger partial charge in [-0.25, -0.2) is 4.79 Å². The van der Waals surface area contributed by atoms with Crippen molar-refractivity contribution in [3.8, 4) is 6.07 Å². The van der Waals surface area contributed by atoms with Gasteiger partial charge in [0.05, 0.1) is 11.5 Å². The van der Waals surface area contributed by atoms with Gasteiger partial charge in [0.25, 0.3) is 0 Å². The molecule has 0 saturated heterocycles. The number of benzene rings is 1. The molecule has 0 fully saturated rings. The Morgan fingerprint density at radius 2 is 2.17 bits per heavy atom. The lowest BCUT2D eigenvalue weighted by atomic mass is 10.1. The van der Waals surface area contributed by atoms with Crippen molar-refractivity contribution < 1.29 is 14.3 Å². The van der Waals surface area contributed by atoms with E-state index < -0.39 is 5.97 Å². The molecule has 1 aromatic rings. The smallest absolute Gasteiger partial charge is 0.350 e.